The third-order valence-corrected chi connectivity index (χ3v) is 7.41. The Bertz CT molecular complexity index is 1350. The van der Waals surface area contributed by atoms with Crippen molar-refractivity contribution in [2.24, 2.45) is 0 Å². The zero-order valence-electron chi connectivity index (χ0n) is 23.5. The minimum atomic E-state index is -1.06. The van der Waals surface area contributed by atoms with Crippen LogP contribution in [0.15, 0.2) is 78.9 Å². The number of nitrogens with zero attached hydrogens (tertiary/aromatic N) is 1. The molecule has 0 saturated heterocycles. The smallest absolute Gasteiger partial charge is 0.410 e. The van der Waals surface area contributed by atoms with Gasteiger partial charge in [-0.3, -0.25) is 14.5 Å². The first-order valence-electron chi connectivity index (χ1n) is 13.5. The van der Waals surface area contributed by atoms with E-state index in [0.717, 1.165) is 27.8 Å². The number of methoxy groups -OCH3 is 1. The van der Waals surface area contributed by atoms with E-state index in [-0.39, 0.29) is 37.7 Å². The third-order valence-electron chi connectivity index (χ3n) is 7.41. The van der Waals surface area contributed by atoms with Crippen molar-refractivity contribution in [3.05, 3.63) is 95.6 Å². The maximum atomic E-state index is 13.6. The Balaban J connectivity index is 1.51. The molecule has 0 bridgehead atoms. The zero-order valence-corrected chi connectivity index (χ0v) is 23.5. The maximum Gasteiger partial charge on any atom is 0.410 e. The largest absolute Gasteiger partial charge is 0.467 e. The molecule has 3 amide bonds. The Morgan fingerprint density at radius 1 is 0.878 bits per heavy atom. The normalized spacial score (nSPS) is 13.2. The maximum absolute atomic E-state index is 13.6. The minimum absolute atomic E-state index is 0.0160. The quantitative estimate of drug-likeness (QED) is 0.348. The number of carbonyl (C=O) groups is 4. The number of ether oxygens (including phenoxy) is 2. The molecule has 0 heterocycles. The summed E-state index contributed by atoms with van der Waals surface area (Å²) in [4.78, 5) is 52.4. The summed E-state index contributed by atoms with van der Waals surface area (Å²) in [6.45, 7) is 0.105. The van der Waals surface area contributed by atoms with Gasteiger partial charge < -0.3 is 20.1 Å². The van der Waals surface area contributed by atoms with E-state index in [9.17, 15) is 19.2 Å². The molecule has 1 aliphatic carbocycles. The van der Waals surface area contributed by atoms with Crippen LogP contribution in [-0.4, -0.2) is 68.7 Å². The monoisotopic (exact) mass is 557 g/mol. The Morgan fingerprint density at radius 2 is 1.46 bits per heavy atom. The molecule has 2 N–H and O–H groups in total. The van der Waals surface area contributed by atoms with Gasteiger partial charge in [-0.15, -0.1) is 0 Å². The number of nitrogens with one attached hydrogen (secondary N) is 2. The van der Waals surface area contributed by atoms with Crippen LogP contribution in [0.2, 0.25) is 0 Å². The van der Waals surface area contributed by atoms with E-state index in [2.05, 4.69) is 22.8 Å². The number of hydrogen-bond donors (Lipinski definition) is 2. The van der Waals surface area contributed by atoms with Gasteiger partial charge in [-0.1, -0.05) is 78.9 Å². The molecule has 0 saturated carbocycles. The summed E-state index contributed by atoms with van der Waals surface area (Å²) in [6, 6.07) is 23.3. The lowest BCUT2D eigenvalue weighted by atomic mass is 9.98. The molecule has 9 nitrogen and oxygen atoms in total. The van der Waals surface area contributed by atoms with E-state index >= 15 is 0 Å². The molecule has 4 rings (SSSR count). The van der Waals surface area contributed by atoms with Gasteiger partial charge in [-0.25, -0.2) is 9.59 Å². The van der Waals surface area contributed by atoms with Gasteiger partial charge in [-0.05, 0) is 34.2 Å². The predicted molar refractivity (Wildman–Crippen MR) is 154 cm³/mol. The fourth-order valence-corrected chi connectivity index (χ4v) is 5.13. The van der Waals surface area contributed by atoms with Crippen LogP contribution < -0.4 is 10.6 Å². The molecule has 0 aliphatic heterocycles. The van der Waals surface area contributed by atoms with E-state index < -0.39 is 30.1 Å². The molecule has 1 aliphatic rings. The summed E-state index contributed by atoms with van der Waals surface area (Å²) in [6.07, 6.45) is -0.410. The second-order valence-electron chi connectivity index (χ2n) is 9.92. The number of rotatable bonds is 11. The lowest BCUT2D eigenvalue weighted by molar-refractivity contribution is -0.146. The fraction of sp³-hybridized carbons (Fsp3) is 0.312. The Labute approximate surface area is 239 Å². The Morgan fingerprint density at radius 3 is 2.05 bits per heavy atom. The van der Waals surface area contributed by atoms with Crippen LogP contribution in [0.3, 0.4) is 0 Å². The van der Waals surface area contributed by atoms with E-state index in [0.29, 0.717) is 0 Å². The molecule has 3 aromatic carbocycles. The molecule has 2 atom stereocenters. The van der Waals surface area contributed by atoms with Crippen LogP contribution in [0.4, 0.5) is 4.79 Å². The fourth-order valence-electron chi connectivity index (χ4n) is 5.13. The topological polar surface area (TPSA) is 114 Å². The first kappa shape index (κ1) is 29.3. The van der Waals surface area contributed by atoms with Gasteiger partial charge in [0.1, 0.15) is 18.7 Å². The third kappa shape index (κ3) is 6.92. The number of esters is 1. The van der Waals surface area contributed by atoms with Crippen molar-refractivity contribution in [2.75, 3.05) is 27.8 Å². The molecule has 3 aromatic rings. The lowest BCUT2D eigenvalue weighted by Gasteiger charge is -2.29. The summed E-state index contributed by atoms with van der Waals surface area (Å²) < 4.78 is 10.6. The van der Waals surface area contributed by atoms with Crippen molar-refractivity contribution in [2.45, 2.75) is 37.3 Å². The van der Waals surface area contributed by atoms with Crippen LogP contribution in [-0.2, 0) is 30.3 Å². The highest BCUT2D eigenvalue weighted by molar-refractivity contribution is 5.90. The van der Waals surface area contributed by atoms with Crippen molar-refractivity contribution >= 4 is 23.9 Å². The molecular weight excluding hydrogens is 522 g/mol. The zero-order chi connectivity index (χ0) is 29.4. The second kappa shape index (κ2) is 13.6. The van der Waals surface area contributed by atoms with Crippen LogP contribution in [0.25, 0.3) is 11.1 Å². The van der Waals surface area contributed by atoms with Crippen molar-refractivity contribution in [1.29, 1.82) is 0 Å². The average molecular weight is 558 g/mol. The van der Waals surface area contributed by atoms with Gasteiger partial charge in [0.15, 0.2) is 0 Å². The molecule has 41 heavy (non-hydrogen) atoms. The van der Waals surface area contributed by atoms with E-state index in [1.54, 1.807) is 0 Å². The van der Waals surface area contributed by atoms with Crippen molar-refractivity contribution < 1.29 is 28.7 Å². The number of amides is 3. The summed E-state index contributed by atoms with van der Waals surface area (Å²) >= 11 is 0. The van der Waals surface area contributed by atoms with Crippen LogP contribution in [0, 0.1) is 0 Å². The molecule has 0 fully saturated rings. The number of likely N-dealkylation sites (N-methyl/N-ethyl adjacent to an activating group) is 1. The SMILES string of the molecule is CNC(=O)CC[C@H](NC(=O)[C@H](Cc1ccccc1)N(C)C(=O)OCC1c2ccccc2-c2ccccc21)C(=O)OC. The molecule has 0 aromatic heterocycles. The second-order valence-corrected chi connectivity index (χ2v) is 9.92. The summed E-state index contributed by atoms with van der Waals surface area (Å²) in [5.74, 6) is -1.64. The molecular formula is C32H35N3O6. The molecule has 9 heteroatoms. The average Bonchev–Trinajstić information content (AvgIpc) is 3.33. The van der Waals surface area contributed by atoms with Crippen molar-refractivity contribution in [3.63, 3.8) is 0 Å². The van der Waals surface area contributed by atoms with Crippen LogP contribution in [0.5, 0.6) is 0 Å². The Kier molecular flexibility index (Phi) is 9.73. The van der Waals surface area contributed by atoms with E-state index in [4.69, 9.17) is 9.47 Å². The van der Waals surface area contributed by atoms with Gasteiger partial charge >= 0.3 is 12.1 Å². The summed E-state index contributed by atoms with van der Waals surface area (Å²) in [5.41, 5.74) is 5.22. The number of benzene rings is 3. The number of carbonyl (C=O) groups excluding carboxylic acids is 4. The highest BCUT2D eigenvalue weighted by Crippen LogP contribution is 2.44. The molecule has 0 spiro atoms. The van der Waals surface area contributed by atoms with Gasteiger partial charge in [0.05, 0.1) is 7.11 Å². The van der Waals surface area contributed by atoms with Gasteiger partial charge in [0.25, 0.3) is 0 Å². The van der Waals surface area contributed by atoms with Crippen LogP contribution in [0.1, 0.15) is 35.4 Å². The van der Waals surface area contributed by atoms with Gasteiger partial charge in [0.2, 0.25) is 11.8 Å². The van der Waals surface area contributed by atoms with E-state index in [1.807, 2.05) is 66.7 Å². The van der Waals surface area contributed by atoms with E-state index in [1.165, 1.54) is 26.1 Å². The standard InChI is InChI=1S/C32H35N3O6/c1-33-29(36)18-17-27(31(38)40-3)34-30(37)28(19-21-11-5-4-6-12-21)35(2)32(39)41-20-26-24-15-9-7-13-22(24)23-14-8-10-16-25(23)26/h4-16,26-28H,17-20H2,1-3H3,(H,33,36)(H,34,37)/t27-,28-/m0/s1. The van der Waals surface area contributed by atoms with Gasteiger partial charge in [-0.2, -0.15) is 0 Å². The number of fused-ring (bicyclic) bond motifs is 3. The van der Waals surface area contributed by atoms with Crippen molar-refractivity contribution in [1.82, 2.24) is 15.5 Å². The predicted octanol–water partition coefficient (Wildman–Crippen LogP) is 3.66. The number of hydrogen-bond acceptors (Lipinski definition) is 6. The molecule has 214 valence electrons. The highest BCUT2D eigenvalue weighted by Gasteiger charge is 2.34. The Hall–Kier alpha value is -4.66. The van der Waals surface area contributed by atoms with Crippen LogP contribution >= 0.6 is 0 Å². The summed E-state index contributed by atoms with van der Waals surface area (Å²) in [7, 11) is 4.21. The van der Waals surface area contributed by atoms with Gasteiger partial charge in [0, 0.05) is 32.9 Å². The summed E-state index contributed by atoms with van der Waals surface area (Å²) in [5, 5.41) is 5.18. The first-order valence-corrected chi connectivity index (χ1v) is 13.5. The lowest BCUT2D eigenvalue weighted by Crippen LogP contribution is -2.53. The highest BCUT2D eigenvalue weighted by atomic mass is 16.6. The van der Waals surface area contributed by atoms with Crippen molar-refractivity contribution in [3.8, 4) is 11.1 Å². The minimum Gasteiger partial charge on any atom is -0.467 e. The molecule has 0 unspecified atom stereocenters. The molecule has 0 radical (unpaired) electrons. The first-order chi connectivity index (χ1) is 19.8.